The molecule has 41 heavy (non-hydrogen) atoms. The van der Waals surface area contributed by atoms with Crippen LogP contribution in [0.15, 0.2) is 54.4 Å². The van der Waals surface area contributed by atoms with Gasteiger partial charge in [0.25, 0.3) is 0 Å². The van der Waals surface area contributed by atoms with Crippen molar-refractivity contribution in [1.82, 2.24) is 19.9 Å². The number of halogens is 1. The van der Waals surface area contributed by atoms with Crippen molar-refractivity contribution in [2.45, 2.75) is 25.8 Å². The van der Waals surface area contributed by atoms with Crippen molar-refractivity contribution >= 4 is 40.0 Å². The number of nitrogens with one attached hydrogen (secondary N) is 1. The lowest BCUT2D eigenvalue weighted by molar-refractivity contribution is -0.118. The van der Waals surface area contributed by atoms with E-state index in [1.54, 1.807) is 13.2 Å². The zero-order valence-electron chi connectivity index (χ0n) is 23.3. The smallest absolute Gasteiger partial charge is 0.216 e. The molecule has 3 aromatic heterocycles. The number of piperazine rings is 1. The highest BCUT2D eigenvalue weighted by molar-refractivity contribution is 5.81. The molecule has 0 radical (unpaired) electrons. The largest absolute Gasteiger partial charge is 0.508 e. The number of carbonyl (C=O) groups excluding carboxylic acids is 1. The third-order valence-electron chi connectivity index (χ3n) is 7.37. The SMILES string of the molecule is C=C(O)c1cn(C2CC2)c2nc(N3CCN(c4ccc(N5CCOC5=C)cn4)CC3)c(F)cc2c1=O.CNC(C)=O. The predicted octanol–water partition coefficient (Wildman–Crippen LogP) is 3.18. The van der Waals surface area contributed by atoms with E-state index in [0.29, 0.717) is 44.3 Å². The van der Waals surface area contributed by atoms with Crippen LogP contribution in [0, 0.1) is 5.82 Å². The van der Waals surface area contributed by atoms with E-state index >= 15 is 4.39 Å². The number of anilines is 3. The molecular formula is C29H34FN7O4. The third kappa shape index (κ3) is 5.81. The van der Waals surface area contributed by atoms with Crippen LogP contribution in [0.25, 0.3) is 16.8 Å². The molecule has 0 atom stereocenters. The van der Waals surface area contributed by atoms with Crippen LogP contribution in [0.5, 0.6) is 0 Å². The molecule has 0 aromatic carbocycles. The van der Waals surface area contributed by atoms with Crippen LogP contribution in [-0.2, 0) is 9.53 Å². The van der Waals surface area contributed by atoms with Crippen LogP contribution in [-0.4, -0.2) is 71.9 Å². The van der Waals surface area contributed by atoms with Gasteiger partial charge in [-0.05, 0) is 37.6 Å². The molecule has 3 aliphatic rings. The molecule has 3 fully saturated rings. The number of ether oxygens (including phenoxy) is 1. The number of carbonyl (C=O) groups is 1. The summed E-state index contributed by atoms with van der Waals surface area (Å²) in [5.74, 6) is 0.861. The Kier molecular flexibility index (Phi) is 7.82. The van der Waals surface area contributed by atoms with E-state index in [9.17, 15) is 14.7 Å². The molecule has 2 saturated heterocycles. The highest BCUT2D eigenvalue weighted by atomic mass is 19.1. The summed E-state index contributed by atoms with van der Waals surface area (Å²) in [5, 5.41) is 12.4. The van der Waals surface area contributed by atoms with Crippen molar-refractivity contribution in [2.75, 3.05) is 61.1 Å². The Balaban J connectivity index is 0.000000623. The average Bonchev–Trinajstić information content (AvgIpc) is 3.73. The lowest BCUT2D eigenvalue weighted by Gasteiger charge is -2.36. The van der Waals surface area contributed by atoms with E-state index in [4.69, 9.17) is 4.74 Å². The molecule has 5 heterocycles. The van der Waals surface area contributed by atoms with Gasteiger partial charge in [0, 0.05) is 52.4 Å². The van der Waals surface area contributed by atoms with Gasteiger partial charge in [-0.3, -0.25) is 9.59 Å². The maximum absolute atomic E-state index is 15.2. The van der Waals surface area contributed by atoms with Crippen LogP contribution >= 0.6 is 0 Å². The van der Waals surface area contributed by atoms with E-state index in [0.717, 1.165) is 30.9 Å². The molecule has 1 aliphatic carbocycles. The first kappa shape index (κ1) is 27.9. The van der Waals surface area contributed by atoms with Crippen molar-refractivity contribution in [3.8, 4) is 0 Å². The molecule has 2 N–H and O–H groups in total. The van der Waals surface area contributed by atoms with E-state index in [-0.39, 0.29) is 34.5 Å². The number of nitrogens with zero attached hydrogens (tertiary/aromatic N) is 6. The quantitative estimate of drug-likeness (QED) is 0.452. The summed E-state index contributed by atoms with van der Waals surface area (Å²) in [4.78, 5) is 37.9. The standard InChI is InChI=1S/C26H27FN6O3.C3H7NO/c1-16(34)21-15-33(18-3-4-18)25-20(24(21)35)13-22(27)26(29-25)31-9-7-30(8-10-31)23-6-5-19(14-28-23)32-11-12-36-17(32)2;1-3(5)4-2/h5-6,13-15,18,34H,1-4,7-12H2;1-2H3,(H,4,5). The first-order chi connectivity index (χ1) is 19.7. The molecule has 2 aliphatic heterocycles. The second-order valence-electron chi connectivity index (χ2n) is 10.2. The molecule has 1 amide bonds. The summed E-state index contributed by atoms with van der Waals surface area (Å²) in [6, 6.07) is 5.42. The summed E-state index contributed by atoms with van der Waals surface area (Å²) in [6.45, 7) is 12.7. The molecule has 1 saturated carbocycles. The Morgan fingerprint density at radius 2 is 1.85 bits per heavy atom. The van der Waals surface area contributed by atoms with Crippen LogP contribution in [0.4, 0.5) is 21.7 Å². The van der Waals surface area contributed by atoms with Crippen molar-refractivity contribution in [3.05, 3.63) is 71.2 Å². The summed E-state index contributed by atoms with van der Waals surface area (Å²) in [5.41, 5.74) is 1.00. The minimum Gasteiger partial charge on any atom is -0.508 e. The van der Waals surface area contributed by atoms with Crippen molar-refractivity contribution in [3.63, 3.8) is 0 Å². The van der Waals surface area contributed by atoms with Gasteiger partial charge in [0.2, 0.25) is 11.3 Å². The summed E-state index contributed by atoms with van der Waals surface area (Å²) in [7, 11) is 1.60. The Bertz CT molecular complexity index is 1540. The highest BCUT2D eigenvalue weighted by Gasteiger charge is 2.29. The first-order valence-corrected chi connectivity index (χ1v) is 13.5. The topological polar surface area (TPSA) is 116 Å². The van der Waals surface area contributed by atoms with E-state index < -0.39 is 11.2 Å². The van der Waals surface area contributed by atoms with Crippen LogP contribution in [0.2, 0.25) is 0 Å². The molecule has 216 valence electrons. The number of aromatic nitrogens is 3. The van der Waals surface area contributed by atoms with Gasteiger partial charge in [0.05, 0.1) is 29.4 Å². The fourth-order valence-electron chi connectivity index (χ4n) is 4.90. The van der Waals surface area contributed by atoms with Gasteiger partial charge in [-0.15, -0.1) is 0 Å². The molecule has 12 heteroatoms. The van der Waals surface area contributed by atoms with Crippen molar-refractivity contribution in [1.29, 1.82) is 0 Å². The van der Waals surface area contributed by atoms with Gasteiger partial charge in [-0.2, -0.15) is 0 Å². The van der Waals surface area contributed by atoms with Gasteiger partial charge in [-0.25, -0.2) is 14.4 Å². The number of rotatable bonds is 5. The Morgan fingerprint density at radius 1 is 1.17 bits per heavy atom. The number of hydrogen-bond donors (Lipinski definition) is 2. The van der Waals surface area contributed by atoms with Crippen LogP contribution in [0.3, 0.4) is 0 Å². The summed E-state index contributed by atoms with van der Waals surface area (Å²) in [6.07, 6.45) is 5.31. The Morgan fingerprint density at radius 3 is 2.39 bits per heavy atom. The van der Waals surface area contributed by atoms with Gasteiger partial charge in [0.1, 0.15) is 23.8 Å². The van der Waals surface area contributed by atoms with E-state index in [1.165, 1.54) is 13.0 Å². The maximum atomic E-state index is 15.2. The lowest BCUT2D eigenvalue weighted by atomic mass is 10.1. The number of aliphatic hydroxyl groups is 1. The number of hydrogen-bond acceptors (Lipinski definition) is 9. The molecule has 3 aromatic rings. The number of pyridine rings is 3. The molecule has 0 unspecified atom stereocenters. The maximum Gasteiger partial charge on any atom is 0.216 e. The van der Waals surface area contributed by atoms with E-state index in [1.807, 2.05) is 32.7 Å². The van der Waals surface area contributed by atoms with Crippen molar-refractivity contribution in [2.24, 2.45) is 0 Å². The molecule has 0 bridgehead atoms. The third-order valence-corrected chi connectivity index (χ3v) is 7.37. The van der Waals surface area contributed by atoms with Crippen LogP contribution < -0.4 is 25.4 Å². The summed E-state index contributed by atoms with van der Waals surface area (Å²) >= 11 is 0. The Labute approximate surface area is 237 Å². The van der Waals surface area contributed by atoms with Gasteiger partial charge in [0.15, 0.2) is 17.5 Å². The van der Waals surface area contributed by atoms with Gasteiger partial charge >= 0.3 is 0 Å². The average molecular weight is 564 g/mol. The molecular weight excluding hydrogens is 529 g/mol. The molecule has 11 nitrogen and oxygen atoms in total. The number of fused-ring (bicyclic) bond motifs is 1. The summed E-state index contributed by atoms with van der Waals surface area (Å²) < 4.78 is 22.5. The van der Waals surface area contributed by atoms with Crippen LogP contribution in [0.1, 0.15) is 31.4 Å². The Hall–Kier alpha value is -4.61. The van der Waals surface area contributed by atoms with Crippen molar-refractivity contribution < 1.29 is 19.0 Å². The minimum absolute atomic E-state index is 0.00463. The second-order valence-corrected chi connectivity index (χ2v) is 10.2. The predicted molar refractivity (Wildman–Crippen MR) is 157 cm³/mol. The van der Waals surface area contributed by atoms with Gasteiger partial charge in [-0.1, -0.05) is 6.58 Å². The van der Waals surface area contributed by atoms with E-state index in [2.05, 4.69) is 33.3 Å². The zero-order valence-corrected chi connectivity index (χ0v) is 23.3. The molecule has 0 spiro atoms. The normalized spacial score (nSPS) is 16.8. The fourth-order valence-corrected chi connectivity index (χ4v) is 4.90. The second kappa shape index (κ2) is 11.5. The molecule has 6 rings (SSSR count). The first-order valence-electron chi connectivity index (χ1n) is 13.5. The monoisotopic (exact) mass is 563 g/mol. The zero-order chi connectivity index (χ0) is 29.3. The van der Waals surface area contributed by atoms with Gasteiger partial charge < -0.3 is 34.4 Å². The lowest BCUT2D eigenvalue weighted by Crippen LogP contribution is -2.47. The number of amides is 1. The minimum atomic E-state index is -0.549. The fraction of sp³-hybridized carbons (Fsp3) is 0.379. The highest BCUT2D eigenvalue weighted by Crippen LogP contribution is 2.37. The number of aliphatic hydroxyl groups excluding tert-OH is 1.